The van der Waals surface area contributed by atoms with Gasteiger partial charge in [-0.05, 0) is 31.9 Å². The molecular formula is C23H26N6O3. The Morgan fingerprint density at radius 2 is 1.94 bits per heavy atom. The monoisotopic (exact) mass is 434 g/mol. The zero-order valence-electron chi connectivity index (χ0n) is 18.7. The lowest BCUT2D eigenvalue weighted by molar-refractivity contribution is 0.0955. The molecule has 1 amide bonds. The Morgan fingerprint density at radius 1 is 1.16 bits per heavy atom. The van der Waals surface area contributed by atoms with Crippen molar-refractivity contribution in [2.75, 3.05) is 13.7 Å². The van der Waals surface area contributed by atoms with Gasteiger partial charge in [0.2, 0.25) is 0 Å². The van der Waals surface area contributed by atoms with Crippen LogP contribution in [-0.2, 0) is 24.2 Å². The minimum absolute atomic E-state index is 0.238. The summed E-state index contributed by atoms with van der Waals surface area (Å²) in [6.07, 6.45) is 2.77. The lowest BCUT2D eigenvalue weighted by Gasteiger charge is -2.12. The van der Waals surface area contributed by atoms with E-state index >= 15 is 0 Å². The van der Waals surface area contributed by atoms with Crippen LogP contribution in [0.4, 0.5) is 0 Å². The predicted octanol–water partition coefficient (Wildman–Crippen LogP) is 2.75. The van der Waals surface area contributed by atoms with Crippen molar-refractivity contribution in [3.63, 3.8) is 0 Å². The molecule has 0 fully saturated rings. The van der Waals surface area contributed by atoms with Gasteiger partial charge in [0.1, 0.15) is 12.2 Å². The van der Waals surface area contributed by atoms with Gasteiger partial charge < -0.3 is 14.6 Å². The van der Waals surface area contributed by atoms with Crippen molar-refractivity contribution in [3.05, 3.63) is 75.8 Å². The molecule has 0 aliphatic carbocycles. The molecule has 1 aromatic carbocycles. The van der Waals surface area contributed by atoms with Crippen LogP contribution < -0.4 is 5.32 Å². The first kappa shape index (κ1) is 21.6. The molecule has 0 atom stereocenters. The molecule has 166 valence electrons. The average molecular weight is 435 g/mol. The predicted molar refractivity (Wildman–Crippen MR) is 117 cm³/mol. The summed E-state index contributed by atoms with van der Waals surface area (Å²) < 4.78 is 11.8. The number of rotatable bonds is 8. The second-order valence-corrected chi connectivity index (χ2v) is 7.76. The van der Waals surface area contributed by atoms with Crippen LogP contribution in [-0.4, -0.2) is 44.3 Å². The molecule has 0 unspecified atom stereocenters. The van der Waals surface area contributed by atoms with E-state index in [0.717, 1.165) is 23.4 Å². The highest BCUT2D eigenvalue weighted by molar-refractivity contribution is 5.99. The maximum atomic E-state index is 12.8. The number of nitrogens with one attached hydrogen (secondary N) is 1. The van der Waals surface area contributed by atoms with Crippen LogP contribution >= 0.6 is 0 Å². The number of hydrogen-bond acceptors (Lipinski definition) is 7. The molecule has 0 spiro atoms. The number of aryl methyl sites for hydroxylation is 3. The van der Waals surface area contributed by atoms with E-state index in [2.05, 4.69) is 51.7 Å². The summed E-state index contributed by atoms with van der Waals surface area (Å²) in [6, 6.07) is 8.47. The smallest absolute Gasteiger partial charge is 0.256 e. The zero-order chi connectivity index (χ0) is 22.7. The molecule has 9 heteroatoms. The molecule has 9 nitrogen and oxygen atoms in total. The number of carbonyl (C=O) groups excluding carboxylic acids is 1. The molecule has 0 bridgehead atoms. The Balaban J connectivity index is 1.48. The topological polar surface area (TPSA) is 107 Å². The van der Waals surface area contributed by atoms with Gasteiger partial charge in [0, 0.05) is 37.9 Å². The molecule has 0 saturated carbocycles. The third kappa shape index (κ3) is 4.52. The van der Waals surface area contributed by atoms with E-state index in [0.29, 0.717) is 35.9 Å². The van der Waals surface area contributed by atoms with Crippen molar-refractivity contribution in [3.8, 4) is 0 Å². The molecule has 0 aliphatic rings. The quantitative estimate of drug-likeness (QED) is 0.454. The number of aromatic nitrogens is 5. The van der Waals surface area contributed by atoms with Crippen molar-refractivity contribution in [1.82, 2.24) is 30.1 Å². The third-order valence-electron chi connectivity index (χ3n) is 5.37. The highest BCUT2D eigenvalue weighted by Crippen LogP contribution is 2.20. The van der Waals surface area contributed by atoms with Gasteiger partial charge in [-0.3, -0.25) is 4.79 Å². The number of amides is 1. The molecule has 4 rings (SSSR count). The molecular weight excluding hydrogens is 408 g/mol. The molecule has 3 aromatic heterocycles. The number of fused-ring (bicyclic) bond motifs is 1. The van der Waals surface area contributed by atoms with Gasteiger partial charge in [0.05, 0.1) is 6.20 Å². The standard InChI is InChI=1S/C23H26N6O3/c1-14-5-7-17(8-6-14)11-18-15(2)26-22-19(12-25-29(22)16(18)3)23(30)24-10-9-20-27-21(13-31-4)32-28-20/h5-8,12H,9-11,13H2,1-4H3,(H,24,30). The van der Waals surface area contributed by atoms with Crippen molar-refractivity contribution in [1.29, 1.82) is 0 Å². The van der Waals surface area contributed by atoms with E-state index < -0.39 is 0 Å². The largest absolute Gasteiger partial charge is 0.375 e. The van der Waals surface area contributed by atoms with E-state index in [4.69, 9.17) is 14.2 Å². The van der Waals surface area contributed by atoms with Gasteiger partial charge in [0.25, 0.3) is 11.8 Å². The Kier molecular flexibility index (Phi) is 6.27. The molecule has 1 N–H and O–H groups in total. The molecule has 32 heavy (non-hydrogen) atoms. The summed E-state index contributed by atoms with van der Waals surface area (Å²) in [7, 11) is 1.56. The fourth-order valence-electron chi connectivity index (χ4n) is 3.59. The van der Waals surface area contributed by atoms with E-state index in [1.165, 1.54) is 11.1 Å². The Bertz CT molecular complexity index is 1240. The van der Waals surface area contributed by atoms with Crippen LogP contribution in [0.3, 0.4) is 0 Å². The maximum absolute atomic E-state index is 12.8. The Morgan fingerprint density at radius 3 is 2.69 bits per heavy atom. The van der Waals surface area contributed by atoms with Crippen LogP contribution in [0.25, 0.3) is 5.65 Å². The maximum Gasteiger partial charge on any atom is 0.256 e. The number of hydrogen-bond donors (Lipinski definition) is 1. The van der Waals surface area contributed by atoms with Gasteiger partial charge in [-0.25, -0.2) is 9.50 Å². The van der Waals surface area contributed by atoms with Gasteiger partial charge in [-0.2, -0.15) is 10.1 Å². The van der Waals surface area contributed by atoms with Gasteiger partial charge in [-0.1, -0.05) is 35.0 Å². The number of methoxy groups -OCH3 is 1. The van der Waals surface area contributed by atoms with Gasteiger partial charge in [-0.15, -0.1) is 0 Å². The summed E-state index contributed by atoms with van der Waals surface area (Å²) in [5.74, 6) is 0.689. The lowest BCUT2D eigenvalue weighted by Crippen LogP contribution is -2.26. The number of nitrogens with zero attached hydrogens (tertiary/aromatic N) is 5. The van der Waals surface area contributed by atoms with Gasteiger partial charge in [0.15, 0.2) is 11.5 Å². The first-order chi connectivity index (χ1) is 15.5. The second kappa shape index (κ2) is 9.27. The minimum Gasteiger partial charge on any atom is -0.375 e. The first-order valence-electron chi connectivity index (χ1n) is 10.4. The molecule has 3 heterocycles. The van der Waals surface area contributed by atoms with E-state index in [-0.39, 0.29) is 12.5 Å². The number of carbonyl (C=O) groups is 1. The van der Waals surface area contributed by atoms with Gasteiger partial charge >= 0.3 is 0 Å². The van der Waals surface area contributed by atoms with Crippen molar-refractivity contribution in [2.24, 2.45) is 0 Å². The van der Waals surface area contributed by atoms with Crippen LogP contribution in [0.2, 0.25) is 0 Å². The van der Waals surface area contributed by atoms with Crippen LogP contribution in [0.15, 0.2) is 35.0 Å². The molecule has 4 aromatic rings. The summed E-state index contributed by atoms with van der Waals surface area (Å²) in [5.41, 5.74) is 6.40. The minimum atomic E-state index is -0.238. The molecule has 0 radical (unpaired) electrons. The average Bonchev–Trinajstić information content (AvgIpc) is 3.40. The fraction of sp³-hybridized carbons (Fsp3) is 0.348. The Hall–Kier alpha value is -3.59. The van der Waals surface area contributed by atoms with E-state index in [1.807, 2.05) is 13.8 Å². The first-order valence-corrected chi connectivity index (χ1v) is 10.4. The third-order valence-corrected chi connectivity index (χ3v) is 5.37. The SMILES string of the molecule is COCc1nc(CCNC(=O)c2cnn3c(C)c(Cc4ccc(C)cc4)c(C)nc23)no1. The fourth-order valence-corrected chi connectivity index (χ4v) is 3.59. The normalized spacial score (nSPS) is 11.2. The zero-order valence-corrected chi connectivity index (χ0v) is 18.7. The lowest BCUT2D eigenvalue weighted by atomic mass is 10.0. The highest BCUT2D eigenvalue weighted by Gasteiger charge is 2.18. The number of benzene rings is 1. The van der Waals surface area contributed by atoms with E-state index in [1.54, 1.807) is 17.8 Å². The summed E-state index contributed by atoms with van der Waals surface area (Å²) in [6.45, 7) is 6.68. The van der Waals surface area contributed by atoms with Crippen molar-refractivity contribution >= 4 is 11.6 Å². The number of ether oxygens (including phenoxy) is 1. The summed E-state index contributed by atoms with van der Waals surface area (Å²) >= 11 is 0. The molecule has 0 saturated heterocycles. The van der Waals surface area contributed by atoms with Crippen LogP contribution in [0.1, 0.15) is 50.2 Å². The molecule has 0 aliphatic heterocycles. The summed E-state index contributed by atoms with van der Waals surface area (Å²) in [5, 5.41) is 11.2. The summed E-state index contributed by atoms with van der Waals surface area (Å²) in [4.78, 5) is 21.7. The van der Waals surface area contributed by atoms with Crippen molar-refractivity contribution < 1.29 is 14.1 Å². The van der Waals surface area contributed by atoms with Crippen LogP contribution in [0, 0.1) is 20.8 Å². The second-order valence-electron chi connectivity index (χ2n) is 7.76. The van der Waals surface area contributed by atoms with Crippen molar-refractivity contribution in [2.45, 2.75) is 40.2 Å². The van der Waals surface area contributed by atoms with E-state index in [9.17, 15) is 4.79 Å². The Labute approximate surface area is 185 Å². The highest BCUT2D eigenvalue weighted by atomic mass is 16.5. The van der Waals surface area contributed by atoms with Crippen LogP contribution in [0.5, 0.6) is 0 Å².